The molecule has 0 spiro atoms. The van der Waals surface area contributed by atoms with E-state index in [2.05, 4.69) is 198 Å². The zero-order valence-corrected chi connectivity index (χ0v) is 31.8. The van der Waals surface area contributed by atoms with Gasteiger partial charge in [-0.1, -0.05) is 127 Å². The SMILES string of the molecule is c1ccc(-c2c(N3c4cc5ccccc5cc4B4c5cc6ccccc6cc5N(c5ccc6ccoc6c5-c5ccccc5)c5cccc3c54)ccc3ccoc23)cc1. The molecule has 0 unspecified atom stereocenters. The van der Waals surface area contributed by atoms with Gasteiger partial charge in [0, 0.05) is 44.6 Å². The zero-order chi connectivity index (χ0) is 38.6. The molecular formula is C54H33BN2O2. The first-order valence-corrected chi connectivity index (χ1v) is 20.2. The minimum absolute atomic E-state index is 0.0482. The monoisotopic (exact) mass is 752 g/mol. The van der Waals surface area contributed by atoms with Crippen LogP contribution in [-0.4, -0.2) is 6.71 Å². The predicted molar refractivity (Wildman–Crippen MR) is 246 cm³/mol. The first kappa shape index (κ1) is 32.3. The average molecular weight is 753 g/mol. The maximum Gasteiger partial charge on any atom is 0.252 e. The zero-order valence-electron chi connectivity index (χ0n) is 31.8. The molecule has 9 aromatic carbocycles. The second-order valence-corrected chi connectivity index (χ2v) is 15.7. The summed E-state index contributed by atoms with van der Waals surface area (Å²) in [6.07, 6.45) is 3.61. The smallest absolute Gasteiger partial charge is 0.252 e. The highest BCUT2D eigenvalue weighted by molar-refractivity contribution is 7.00. The van der Waals surface area contributed by atoms with Crippen molar-refractivity contribution in [1.82, 2.24) is 0 Å². The highest BCUT2D eigenvalue weighted by Crippen LogP contribution is 2.51. The Morgan fingerprint density at radius 3 is 1.20 bits per heavy atom. The molecule has 2 aromatic heterocycles. The lowest BCUT2D eigenvalue weighted by molar-refractivity contribution is 0.616. The van der Waals surface area contributed by atoms with Gasteiger partial charge >= 0.3 is 0 Å². The molecule has 0 N–H and O–H groups in total. The summed E-state index contributed by atoms with van der Waals surface area (Å²) < 4.78 is 12.7. The molecule has 0 amide bonds. The van der Waals surface area contributed by atoms with Crippen LogP contribution < -0.4 is 26.2 Å². The van der Waals surface area contributed by atoms with E-state index in [1.165, 1.54) is 37.9 Å². The van der Waals surface area contributed by atoms with E-state index in [4.69, 9.17) is 8.83 Å². The summed E-state index contributed by atoms with van der Waals surface area (Å²) in [5.41, 5.74) is 16.6. The third-order valence-electron chi connectivity index (χ3n) is 12.5. The quantitative estimate of drug-likeness (QED) is 0.168. The van der Waals surface area contributed by atoms with Gasteiger partial charge in [0.15, 0.2) is 0 Å². The van der Waals surface area contributed by atoms with Crippen LogP contribution in [0.25, 0.3) is 65.7 Å². The molecule has 2 aliphatic heterocycles. The highest BCUT2D eigenvalue weighted by atomic mass is 16.3. The van der Waals surface area contributed by atoms with E-state index in [1.54, 1.807) is 12.5 Å². The molecule has 5 heteroatoms. The van der Waals surface area contributed by atoms with Crippen LogP contribution >= 0.6 is 0 Å². The minimum Gasteiger partial charge on any atom is -0.464 e. The molecule has 11 aromatic rings. The Kier molecular flexibility index (Phi) is 6.78. The Bertz CT molecular complexity index is 3250. The summed E-state index contributed by atoms with van der Waals surface area (Å²) >= 11 is 0. The van der Waals surface area contributed by atoms with E-state index in [0.29, 0.717) is 0 Å². The van der Waals surface area contributed by atoms with Crippen LogP contribution in [0.1, 0.15) is 0 Å². The topological polar surface area (TPSA) is 32.8 Å². The van der Waals surface area contributed by atoms with Gasteiger partial charge in [-0.25, -0.2) is 0 Å². The number of nitrogens with zero attached hydrogens (tertiary/aromatic N) is 2. The molecule has 0 bridgehead atoms. The Labute approximate surface area is 340 Å². The van der Waals surface area contributed by atoms with Crippen LogP contribution in [0.5, 0.6) is 0 Å². The second-order valence-electron chi connectivity index (χ2n) is 15.7. The molecule has 2 aliphatic rings. The van der Waals surface area contributed by atoms with Crippen LogP contribution in [0.3, 0.4) is 0 Å². The van der Waals surface area contributed by atoms with E-state index >= 15 is 0 Å². The first-order chi connectivity index (χ1) is 29.3. The lowest BCUT2D eigenvalue weighted by Gasteiger charge is -2.45. The molecule has 4 nitrogen and oxygen atoms in total. The van der Waals surface area contributed by atoms with Gasteiger partial charge in [0.25, 0.3) is 6.71 Å². The number of benzene rings is 9. The molecule has 0 aliphatic carbocycles. The van der Waals surface area contributed by atoms with Crippen molar-refractivity contribution in [3.63, 3.8) is 0 Å². The van der Waals surface area contributed by atoms with E-state index in [9.17, 15) is 0 Å². The minimum atomic E-state index is -0.0482. The van der Waals surface area contributed by atoms with E-state index in [1.807, 2.05) is 0 Å². The number of anilines is 6. The summed E-state index contributed by atoms with van der Waals surface area (Å²) in [7, 11) is 0. The maximum absolute atomic E-state index is 6.36. The van der Waals surface area contributed by atoms with E-state index < -0.39 is 0 Å². The lowest BCUT2D eigenvalue weighted by atomic mass is 9.33. The molecule has 0 fully saturated rings. The summed E-state index contributed by atoms with van der Waals surface area (Å²) in [5, 5.41) is 6.99. The lowest BCUT2D eigenvalue weighted by Crippen LogP contribution is -2.61. The number of fused-ring (bicyclic) bond motifs is 8. The highest BCUT2D eigenvalue weighted by Gasteiger charge is 2.44. The van der Waals surface area contributed by atoms with E-state index in [0.717, 1.165) is 78.3 Å². The van der Waals surface area contributed by atoms with Crippen LogP contribution in [-0.2, 0) is 0 Å². The molecule has 0 atom stereocenters. The summed E-state index contributed by atoms with van der Waals surface area (Å²) in [6, 6.07) is 68.4. The number of rotatable bonds is 4. The van der Waals surface area contributed by atoms with Crippen molar-refractivity contribution >= 4 is 101 Å². The molecule has 0 radical (unpaired) electrons. The fraction of sp³-hybridized carbons (Fsp3) is 0. The largest absolute Gasteiger partial charge is 0.464 e. The van der Waals surface area contributed by atoms with Gasteiger partial charge in [0.05, 0.1) is 23.9 Å². The number of hydrogen-bond acceptors (Lipinski definition) is 4. The average Bonchev–Trinajstić information content (AvgIpc) is 3.98. The van der Waals surface area contributed by atoms with Crippen molar-refractivity contribution in [2.24, 2.45) is 0 Å². The van der Waals surface area contributed by atoms with Crippen LogP contribution in [0.2, 0.25) is 0 Å². The third kappa shape index (κ3) is 4.67. The Balaban J connectivity index is 1.17. The molecule has 274 valence electrons. The van der Waals surface area contributed by atoms with Gasteiger partial charge in [-0.3, -0.25) is 0 Å². The molecule has 0 saturated carbocycles. The normalized spacial score (nSPS) is 13.0. The second kappa shape index (κ2) is 12.4. The molecular weight excluding hydrogens is 719 g/mol. The first-order valence-electron chi connectivity index (χ1n) is 20.2. The third-order valence-corrected chi connectivity index (χ3v) is 12.5. The van der Waals surface area contributed by atoms with Gasteiger partial charge in [-0.2, -0.15) is 0 Å². The summed E-state index contributed by atoms with van der Waals surface area (Å²) in [5.74, 6) is 0. The molecule has 0 saturated heterocycles. The van der Waals surface area contributed by atoms with Crippen molar-refractivity contribution in [3.05, 3.63) is 201 Å². The Morgan fingerprint density at radius 1 is 0.322 bits per heavy atom. The van der Waals surface area contributed by atoms with Crippen molar-refractivity contribution in [2.75, 3.05) is 9.80 Å². The van der Waals surface area contributed by atoms with Gasteiger partial charge in [-0.15, -0.1) is 0 Å². The molecule has 13 rings (SSSR count). The van der Waals surface area contributed by atoms with Crippen molar-refractivity contribution < 1.29 is 8.83 Å². The van der Waals surface area contributed by atoms with Crippen LogP contribution in [0.15, 0.2) is 209 Å². The van der Waals surface area contributed by atoms with Gasteiger partial charge in [-0.05, 0) is 110 Å². The van der Waals surface area contributed by atoms with Crippen LogP contribution in [0, 0.1) is 0 Å². The fourth-order valence-corrected chi connectivity index (χ4v) is 10.0. The van der Waals surface area contributed by atoms with Crippen molar-refractivity contribution in [1.29, 1.82) is 0 Å². The van der Waals surface area contributed by atoms with Crippen molar-refractivity contribution in [2.45, 2.75) is 0 Å². The molecule has 59 heavy (non-hydrogen) atoms. The fourth-order valence-electron chi connectivity index (χ4n) is 10.0. The van der Waals surface area contributed by atoms with Gasteiger partial charge in [0.2, 0.25) is 0 Å². The summed E-state index contributed by atoms with van der Waals surface area (Å²) in [6.45, 7) is -0.0482. The van der Waals surface area contributed by atoms with E-state index in [-0.39, 0.29) is 6.71 Å². The van der Waals surface area contributed by atoms with Gasteiger partial charge in [0.1, 0.15) is 11.2 Å². The van der Waals surface area contributed by atoms with Crippen LogP contribution in [0.4, 0.5) is 34.1 Å². The van der Waals surface area contributed by atoms with Crippen molar-refractivity contribution in [3.8, 4) is 22.3 Å². The predicted octanol–water partition coefficient (Wildman–Crippen LogP) is 12.9. The summed E-state index contributed by atoms with van der Waals surface area (Å²) in [4.78, 5) is 5.00. The van der Waals surface area contributed by atoms with Gasteiger partial charge < -0.3 is 18.6 Å². The number of furan rings is 2. The maximum atomic E-state index is 6.36. The standard InChI is InChI=1S/C54H33BN2O2/c1-3-12-34(13-4-1)50-44(24-22-36-26-28-58-53(36)50)56-46-20-11-21-47-52(46)55(42-30-38-16-7-9-18-40(38)32-48(42)56)43-31-39-17-8-10-19-41(39)33-49(43)57(47)45-25-23-37-27-29-59-54(37)51(45)35-14-5-2-6-15-35/h1-33H. The Morgan fingerprint density at radius 2 is 0.746 bits per heavy atom. The number of hydrogen-bond donors (Lipinski definition) is 0. The Hall–Kier alpha value is -7.76. The molecule has 4 heterocycles.